The van der Waals surface area contributed by atoms with Crippen LogP contribution in [0.3, 0.4) is 0 Å². The summed E-state index contributed by atoms with van der Waals surface area (Å²) in [4.78, 5) is 29.7. The molecule has 6 nitrogen and oxygen atoms in total. The fourth-order valence-electron chi connectivity index (χ4n) is 5.02. The molecule has 0 saturated carbocycles. The minimum Gasteiger partial charge on any atom is -0.449 e. The number of ether oxygens (including phenoxy) is 1. The Bertz CT molecular complexity index is 1400. The summed E-state index contributed by atoms with van der Waals surface area (Å²) in [6.07, 6.45) is 0.343. The maximum Gasteiger partial charge on any atom is 0.416 e. The second kappa shape index (κ2) is 12.0. The predicted molar refractivity (Wildman–Crippen MR) is 147 cm³/mol. The summed E-state index contributed by atoms with van der Waals surface area (Å²) in [5, 5.41) is 2.94. The zero-order valence-corrected chi connectivity index (χ0v) is 21.9. The van der Waals surface area contributed by atoms with Gasteiger partial charge in [0.15, 0.2) is 11.5 Å². The van der Waals surface area contributed by atoms with Crippen LogP contribution in [-0.2, 0) is 17.5 Å². The molecule has 2 heterocycles. The van der Waals surface area contributed by atoms with Crippen molar-refractivity contribution in [2.75, 3.05) is 31.1 Å². The molecule has 2 amide bonds. The SMILES string of the molecule is O=C(NCCCN1CCCC1)c1ccc(C=C2Oc3ccccc3N(Cc3ccccc3C(F)(F)F)C2=O)cc1. The highest BCUT2D eigenvalue weighted by Crippen LogP contribution is 2.38. The molecule has 0 bridgehead atoms. The number of alkyl halides is 3. The fourth-order valence-corrected chi connectivity index (χ4v) is 5.02. The van der Waals surface area contributed by atoms with E-state index in [1.165, 1.54) is 42.0 Å². The molecule has 9 heteroatoms. The third kappa shape index (κ3) is 6.37. The van der Waals surface area contributed by atoms with Crippen molar-refractivity contribution < 1.29 is 27.5 Å². The molecule has 0 atom stereocenters. The monoisotopic (exact) mass is 549 g/mol. The van der Waals surface area contributed by atoms with E-state index < -0.39 is 17.6 Å². The maximum atomic E-state index is 13.6. The summed E-state index contributed by atoms with van der Waals surface area (Å²) in [6.45, 7) is 3.55. The zero-order chi connectivity index (χ0) is 28.1. The Kier molecular flexibility index (Phi) is 8.21. The number of halogens is 3. The lowest BCUT2D eigenvalue weighted by atomic mass is 10.0. The van der Waals surface area contributed by atoms with Crippen molar-refractivity contribution in [3.05, 3.63) is 101 Å². The van der Waals surface area contributed by atoms with E-state index in [-0.39, 0.29) is 23.8 Å². The number of amides is 2. The molecule has 1 saturated heterocycles. The molecular weight excluding hydrogens is 519 g/mol. The van der Waals surface area contributed by atoms with E-state index in [0.29, 0.717) is 29.1 Å². The molecule has 0 spiro atoms. The average Bonchev–Trinajstić information content (AvgIpc) is 3.47. The number of para-hydroxylation sites is 2. The largest absolute Gasteiger partial charge is 0.449 e. The first-order valence-corrected chi connectivity index (χ1v) is 13.4. The van der Waals surface area contributed by atoms with E-state index >= 15 is 0 Å². The number of fused-ring (bicyclic) bond motifs is 1. The summed E-state index contributed by atoms with van der Waals surface area (Å²) in [5.74, 6) is -0.394. The number of carbonyl (C=O) groups is 2. The van der Waals surface area contributed by atoms with Gasteiger partial charge in [0, 0.05) is 12.1 Å². The molecule has 208 valence electrons. The Balaban J connectivity index is 1.30. The number of hydrogen-bond acceptors (Lipinski definition) is 4. The molecule has 5 rings (SSSR count). The van der Waals surface area contributed by atoms with Gasteiger partial charge in [0.1, 0.15) is 0 Å². The quantitative estimate of drug-likeness (QED) is 0.281. The summed E-state index contributed by atoms with van der Waals surface area (Å²) in [6, 6.07) is 18.7. The van der Waals surface area contributed by atoms with Crippen LogP contribution < -0.4 is 15.0 Å². The van der Waals surface area contributed by atoms with Gasteiger partial charge in [0.05, 0.1) is 17.8 Å². The van der Waals surface area contributed by atoms with Crippen LogP contribution in [0.25, 0.3) is 6.08 Å². The van der Waals surface area contributed by atoms with Crippen LogP contribution in [0.15, 0.2) is 78.6 Å². The first-order chi connectivity index (χ1) is 19.3. The van der Waals surface area contributed by atoms with E-state index in [4.69, 9.17) is 4.74 Å². The molecule has 0 unspecified atom stereocenters. The Morgan fingerprint density at radius 3 is 2.40 bits per heavy atom. The van der Waals surface area contributed by atoms with Gasteiger partial charge in [0.2, 0.25) is 0 Å². The second-order valence-corrected chi connectivity index (χ2v) is 9.90. The topological polar surface area (TPSA) is 61.9 Å². The van der Waals surface area contributed by atoms with E-state index in [1.807, 2.05) is 0 Å². The van der Waals surface area contributed by atoms with Gasteiger partial charge in [-0.15, -0.1) is 0 Å². The molecule has 1 fully saturated rings. The van der Waals surface area contributed by atoms with Crippen molar-refractivity contribution in [3.8, 4) is 5.75 Å². The van der Waals surface area contributed by atoms with Crippen LogP contribution in [0.4, 0.5) is 18.9 Å². The highest BCUT2D eigenvalue weighted by Gasteiger charge is 2.36. The van der Waals surface area contributed by atoms with Crippen LogP contribution in [-0.4, -0.2) is 42.9 Å². The number of hydrogen-bond donors (Lipinski definition) is 1. The van der Waals surface area contributed by atoms with Crippen LogP contribution in [0, 0.1) is 0 Å². The highest BCUT2D eigenvalue weighted by molar-refractivity contribution is 6.09. The van der Waals surface area contributed by atoms with Crippen molar-refractivity contribution in [1.82, 2.24) is 10.2 Å². The van der Waals surface area contributed by atoms with Gasteiger partial charge in [-0.2, -0.15) is 13.2 Å². The van der Waals surface area contributed by atoms with Gasteiger partial charge in [-0.05, 0) is 86.4 Å². The molecule has 3 aromatic rings. The van der Waals surface area contributed by atoms with Crippen LogP contribution in [0.1, 0.15) is 46.3 Å². The lowest BCUT2D eigenvalue weighted by Gasteiger charge is -2.31. The van der Waals surface area contributed by atoms with Crippen molar-refractivity contribution in [2.45, 2.75) is 32.0 Å². The summed E-state index contributed by atoms with van der Waals surface area (Å²) < 4.78 is 46.8. The number of anilines is 1. The lowest BCUT2D eigenvalue weighted by molar-refractivity contribution is -0.138. The third-order valence-electron chi connectivity index (χ3n) is 7.09. The van der Waals surface area contributed by atoms with Crippen molar-refractivity contribution >= 4 is 23.6 Å². The van der Waals surface area contributed by atoms with Gasteiger partial charge in [0.25, 0.3) is 11.8 Å². The van der Waals surface area contributed by atoms with Crippen LogP contribution in [0.2, 0.25) is 0 Å². The molecule has 0 aromatic heterocycles. The third-order valence-corrected chi connectivity index (χ3v) is 7.09. The lowest BCUT2D eigenvalue weighted by Crippen LogP contribution is -2.37. The molecule has 2 aliphatic rings. The standard InChI is InChI=1S/C31H30F3N3O3/c32-31(33,34)25-9-2-1-8-24(25)21-37-26-10-3-4-11-27(26)40-28(30(37)39)20-22-12-14-23(15-13-22)29(38)35-16-7-19-36-17-5-6-18-36/h1-4,8-15,20H,5-7,16-19,21H2,(H,35,38). The summed E-state index contributed by atoms with van der Waals surface area (Å²) in [5.41, 5.74) is 0.690. The van der Waals surface area contributed by atoms with E-state index in [9.17, 15) is 22.8 Å². The normalized spacial score (nSPS) is 16.6. The molecular formula is C31H30F3N3O3. The molecule has 0 aliphatic carbocycles. The summed E-state index contributed by atoms with van der Waals surface area (Å²) >= 11 is 0. The number of carbonyl (C=O) groups excluding carboxylic acids is 2. The second-order valence-electron chi connectivity index (χ2n) is 9.90. The first-order valence-electron chi connectivity index (χ1n) is 13.4. The maximum absolute atomic E-state index is 13.6. The Morgan fingerprint density at radius 1 is 0.950 bits per heavy atom. The molecule has 40 heavy (non-hydrogen) atoms. The van der Waals surface area contributed by atoms with Gasteiger partial charge in [-0.3, -0.25) is 14.5 Å². The number of benzene rings is 3. The van der Waals surface area contributed by atoms with Crippen molar-refractivity contribution in [2.24, 2.45) is 0 Å². The Morgan fingerprint density at radius 2 is 1.65 bits per heavy atom. The first kappa shape index (κ1) is 27.5. The van der Waals surface area contributed by atoms with Crippen LogP contribution in [0.5, 0.6) is 5.75 Å². The number of likely N-dealkylation sites (tertiary alicyclic amines) is 1. The number of nitrogens with one attached hydrogen (secondary N) is 1. The fraction of sp³-hybridized carbons (Fsp3) is 0.290. The molecule has 2 aliphatic heterocycles. The number of rotatable bonds is 8. The van der Waals surface area contributed by atoms with Gasteiger partial charge in [-0.25, -0.2) is 0 Å². The van der Waals surface area contributed by atoms with E-state index in [2.05, 4.69) is 10.2 Å². The van der Waals surface area contributed by atoms with Crippen LogP contribution >= 0.6 is 0 Å². The van der Waals surface area contributed by atoms with E-state index in [0.717, 1.165) is 32.1 Å². The highest BCUT2D eigenvalue weighted by atomic mass is 19.4. The Labute approximate surface area is 231 Å². The predicted octanol–water partition coefficient (Wildman–Crippen LogP) is 5.89. The minimum atomic E-state index is -4.55. The van der Waals surface area contributed by atoms with Gasteiger partial charge in [-0.1, -0.05) is 42.5 Å². The van der Waals surface area contributed by atoms with Crippen molar-refractivity contribution in [1.29, 1.82) is 0 Å². The van der Waals surface area contributed by atoms with Crippen molar-refractivity contribution in [3.63, 3.8) is 0 Å². The number of nitrogens with zero attached hydrogens (tertiary/aromatic N) is 2. The van der Waals surface area contributed by atoms with Gasteiger partial charge < -0.3 is 15.0 Å². The summed E-state index contributed by atoms with van der Waals surface area (Å²) in [7, 11) is 0. The average molecular weight is 550 g/mol. The van der Waals surface area contributed by atoms with Gasteiger partial charge >= 0.3 is 6.18 Å². The smallest absolute Gasteiger partial charge is 0.416 e. The molecule has 3 aromatic carbocycles. The minimum absolute atomic E-state index is 0.0183. The molecule has 0 radical (unpaired) electrons. The molecule has 1 N–H and O–H groups in total. The zero-order valence-electron chi connectivity index (χ0n) is 21.9. The van der Waals surface area contributed by atoms with E-state index in [1.54, 1.807) is 48.5 Å². The Hall–Kier alpha value is -4.11.